The van der Waals surface area contributed by atoms with Gasteiger partial charge >= 0.3 is 0 Å². The second-order valence-electron chi connectivity index (χ2n) is 4.16. The molecular weight excluding hydrogens is 202 g/mol. The summed E-state index contributed by atoms with van der Waals surface area (Å²) in [5.41, 5.74) is 2.63. The summed E-state index contributed by atoms with van der Waals surface area (Å²) in [6.07, 6.45) is 3.13. The van der Waals surface area contributed by atoms with Crippen molar-refractivity contribution in [1.82, 2.24) is 0 Å². The van der Waals surface area contributed by atoms with Gasteiger partial charge in [0.15, 0.2) is 0 Å². The second kappa shape index (κ2) is 4.28. The predicted molar refractivity (Wildman–Crippen MR) is 64.9 cm³/mol. The molecule has 1 heterocycles. The SMILES string of the molecule is Cc1ccccc1CC1(C#N)CCCS1. The fourth-order valence-electron chi connectivity index (χ4n) is 2.08. The van der Waals surface area contributed by atoms with Crippen LogP contribution in [0.2, 0.25) is 0 Å². The number of hydrogen-bond acceptors (Lipinski definition) is 2. The van der Waals surface area contributed by atoms with Gasteiger partial charge in [0.25, 0.3) is 0 Å². The van der Waals surface area contributed by atoms with E-state index in [1.165, 1.54) is 17.5 Å². The topological polar surface area (TPSA) is 23.8 Å². The van der Waals surface area contributed by atoms with E-state index in [0.29, 0.717) is 0 Å². The Morgan fingerprint density at radius 1 is 1.47 bits per heavy atom. The first-order chi connectivity index (χ1) is 7.26. The van der Waals surface area contributed by atoms with E-state index in [-0.39, 0.29) is 4.75 Å². The molecule has 0 amide bonds. The molecule has 1 fully saturated rings. The van der Waals surface area contributed by atoms with Crippen LogP contribution in [0.5, 0.6) is 0 Å². The molecule has 15 heavy (non-hydrogen) atoms. The Labute approximate surface area is 95.5 Å². The number of rotatable bonds is 2. The van der Waals surface area contributed by atoms with Crippen molar-refractivity contribution in [2.75, 3.05) is 5.75 Å². The fourth-order valence-corrected chi connectivity index (χ4v) is 3.37. The lowest BCUT2D eigenvalue weighted by molar-refractivity contribution is 0.670. The standard InChI is InChI=1S/C13H15NS/c1-11-5-2-3-6-12(11)9-13(10-14)7-4-8-15-13/h2-3,5-6H,4,7-9H2,1H3. The summed E-state index contributed by atoms with van der Waals surface area (Å²) >= 11 is 1.83. The van der Waals surface area contributed by atoms with Gasteiger partial charge in [-0.2, -0.15) is 5.26 Å². The van der Waals surface area contributed by atoms with E-state index in [2.05, 4.69) is 37.3 Å². The van der Waals surface area contributed by atoms with Gasteiger partial charge in [-0.25, -0.2) is 0 Å². The Morgan fingerprint density at radius 3 is 2.87 bits per heavy atom. The van der Waals surface area contributed by atoms with E-state index in [1.807, 2.05) is 11.8 Å². The van der Waals surface area contributed by atoms with Gasteiger partial charge in [0, 0.05) is 6.42 Å². The Bertz CT molecular complexity index is 386. The van der Waals surface area contributed by atoms with Gasteiger partial charge in [-0.05, 0) is 36.6 Å². The second-order valence-corrected chi connectivity index (χ2v) is 5.64. The van der Waals surface area contributed by atoms with E-state index in [9.17, 15) is 5.26 Å². The molecular formula is C13H15NS. The van der Waals surface area contributed by atoms with Gasteiger partial charge in [-0.15, -0.1) is 11.8 Å². The minimum Gasteiger partial charge on any atom is -0.197 e. The number of nitriles is 1. The van der Waals surface area contributed by atoms with Crippen molar-refractivity contribution in [2.24, 2.45) is 0 Å². The summed E-state index contributed by atoms with van der Waals surface area (Å²) in [6, 6.07) is 10.9. The van der Waals surface area contributed by atoms with Crippen molar-refractivity contribution in [3.8, 4) is 6.07 Å². The van der Waals surface area contributed by atoms with E-state index in [0.717, 1.165) is 18.6 Å². The average molecular weight is 217 g/mol. The summed E-state index contributed by atoms with van der Waals surface area (Å²) in [5.74, 6) is 1.14. The minimum absolute atomic E-state index is 0.147. The Hall–Kier alpha value is -0.940. The van der Waals surface area contributed by atoms with Gasteiger partial charge in [0.1, 0.15) is 4.75 Å². The quantitative estimate of drug-likeness (QED) is 0.758. The van der Waals surface area contributed by atoms with Crippen LogP contribution in [-0.2, 0) is 6.42 Å². The normalized spacial score (nSPS) is 25.1. The van der Waals surface area contributed by atoms with Crippen LogP contribution in [0.25, 0.3) is 0 Å². The maximum Gasteiger partial charge on any atom is 0.106 e. The zero-order valence-electron chi connectivity index (χ0n) is 8.99. The third kappa shape index (κ3) is 2.18. The molecule has 1 aliphatic rings. The maximum atomic E-state index is 9.30. The van der Waals surface area contributed by atoms with Crippen molar-refractivity contribution in [3.05, 3.63) is 35.4 Å². The highest BCUT2D eigenvalue weighted by Gasteiger charge is 2.35. The van der Waals surface area contributed by atoms with Crippen LogP contribution in [0.15, 0.2) is 24.3 Å². The van der Waals surface area contributed by atoms with E-state index >= 15 is 0 Å². The molecule has 1 aliphatic heterocycles. The summed E-state index contributed by atoms with van der Waals surface area (Å²) in [6.45, 7) is 2.13. The summed E-state index contributed by atoms with van der Waals surface area (Å²) in [7, 11) is 0. The Balaban J connectivity index is 2.21. The lowest BCUT2D eigenvalue weighted by atomic mass is 9.93. The monoisotopic (exact) mass is 217 g/mol. The van der Waals surface area contributed by atoms with Crippen molar-refractivity contribution in [3.63, 3.8) is 0 Å². The van der Waals surface area contributed by atoms with Crippen LogP contribution < -0.4 is 0 Å². The molecule has 0 aromatic heterocycles. The van der Waals surface area contributed by atoms with Crippen LogP contribution in [-0.4, -0.2) is 10.5 Å². The first-order valence-corrected chi connectivity index (χ1v) is 6.34. The van der Waals surface area contributed by atoms with E-state index in [1.54, 1.807) is 0 Å². The molecule has 0 N–H and O–H groups in total. The molecule has 78 valence electrons. The smallest absolute Gasteiger partial charge is 0.106 e. The van der Waals surface area contributed by atoms with Gasteiger partial charge in [0.2, 0.25) is 0 Å². The summed E-state index contributed by atoms with van der Waals surface area (Å²) in [5, 5.41) is 9.30. The van der Waals surface area contributed by atoms with Gasteiger partial charge < -0.3 is 0 Å². The van der Waals surface area contributed by atoms with E-state index in [4.69, 9.17) is 0 Å². The first kappa shape index (κ1) is 10.6. The van der Waals surface area contributed by atoms with E-state index < -0.39 is 0 Å². The average Bonchev–Trinajstić information content (AvgIpc) is 2.71. The Kier molecular flexibility index (Phi) is 3.02. The Morgan fingerprint density at radius 2 is 2.27 bits per heavy atom. The zero-order valence-corrected chi connectivity index (χ0v) is 9.81. The maximum absolute atomic E-state index is 9.30. The molecule has 0 radical (unpaired) electrons. The third-order valence-electron chi connectivity index (χ3n) is 3.04. The first-order valence-electron chi connectivity index (χ1n) is 5.35. The van der Waals surface area contributed by atoms with Crippen LogP contribution >= 0.6 is 11.8 Å². The van der Waals surface area contributed by atoms with Gasteiger partial charge in [0.05, 0.1) is 6.07 Å². The molecule has 1 unspecified atom stereocenters. The molecule has 0 bridgehead atoms. The fraction of sp³-hybridized carbons (Fsp3) is 0.462. The number of aryl methyl sites for hydroxylation is 1. The molecule has 1 aromatic rings. The summed E-state index contributed by atoms with van der Waals surface area (Å²) in [4.78, 5) is 0. The molecule has 0 saturated carbocycles. The molecule has 2 rings (SSSR count). The van der Waals surface area contributed by atoms with Crippen molar-refractivity contribution in [1.29, 1.82) is 5.26 Å². The zero-order chi connectivity index (χ0) is 10.7. The molecule has 2 heteroatoms. The largest absolute Gasteiger partial charge is 0.197 e. The van der Waals surface area contributed by atoms with Crippen LogP contribution in [0.1, 0.15) is 24.0 Å². The number of hydrogen-bond donors (Lipinski definition) is 0. The molecule has 1 atom stereocenters. The lowest BCUT2D eigenvalue weighted by Gasteiger charge is -2.20. The third-order valence-corrected chi connectivity index (χ3v) is 4.53. The van der Waals surface area contributed by atoms with Gasteiger partial charge in [-0.3, -0.25) is 0 Å². The van der Waals surface area contributed by atoms with Crippen molar-refractivity contribution < 1.29 is 0 Å². The summed E-state index contributed by atoms with van der Waals surface area (Å²) < 4.78 is -0.147. The highest BCUT2D eigenvalue weighted by Crippen LogP contribution is 2.40. The number of benzene rings is 1. The molecule has 0 spiro atoms. The molecule has 0 aliphatic carbocycles. The predicted octanol–water partition coefficient (Wildman–Crippen LogP) is 3.33. The van der Waals surface area contributed by atoms with Crippen LogP contribution in [0.4, 0.5) is 0 Å². The van der Waals surface area contributed by atoms with Crippen LogP contribution in [0, 0.1) is 18.3 Å². The van der Waals surface area contributed by atoms with Gasteiger partial charge in [-0.1, -0.05) is 24.3 Å². The lowest BCUT2D eigenvalue weighted by Crippen LogP contribution is -2.22. The highest BCUT2D eigenvalue weighted by atomic mass is 32.2. The molecule has 1 nitrogen and oxygen atoms in total. The number of thioether (sulfide) groups is 1. The van der Waals surface area contributed by atoms with Crippen LogP contribution in [0.3, 0.4) is 0 Å². The molecule has 1 saturated heterocycles. The van der Waals surface area contributed by atoms with Crippen molar-refractivity contribution >= 4 is 11.8 Å². The highest BCUT2D eigenvalue weighted by molar-refractivity contribution is 8.01. The molecule has 1 aromatic carbocycles. The minimum atomic E-state index is -0.147. The van der Waals surface area contributed by atoms with Crippen molar-refractivity contribution in [2.45, 2.75) is 30.9 Å². The number of nitrogens with zero attached hydrogens (tertiary/aromatic N) is 1.